The molecule has 1 saturated carbocycles. The molecule has 6 unspecified atom stereocenters. The SMILES string of the molecule is CC/C=C\C/C=C\C/C=C\C/C=C\CCCCCCCCCOCC(COP(=O)(O)OC1C(O)C(O)C(O)C(O)C1O)OC(=O)CCCCCCC/C=C\CCCCCCCC. The van der Waals surface area contributed by atoms with Gasteiger partial charge in [-0.2, -0.15) is 0 Å². The average molecular weight is 899 g/mol. The van der Waals surface area contributed by atoms with E-state index < -0.39 is 63.1 Å². The summed E-state index contributed by atoms with van der Waals surface area (Å²) in [5.74, 6) is -0.492. The zero-order valence-electron chi connectivity index (χ0n) is 38.4. The van der Waals surface area contributed by atoms with Crippen LogP contribution in [-0.4, -0.2) is 98.9 Å². The van der Waals surface area contributed by atoms with E-state index in [0.29, 0.717) is 13.0 Å². The lowest BCUT2D eigenvalue weighted by molar-refractivity contribution is -0.220. The first kappa shape index (κ1) is 58.1. The molecule has 1 aliphatic carbocycles. The molecule has 1 rings (SSSR count). The first-order chi connectivity index (χ1) is 30.0. The van der Waals surface area contributed by atoms with Crippen molar-refractivity contribution in [2.45, 2.75) is 224 Å². The van der Waals surface area contributed by atoms with Crippen LogP contribution in [0.5, 0.6) is 0 Å². The number of unbranched alkanes of at least 4 members (excludes halogenated alkanes) is 18. The molecule has 0 aromatic rings. The van der Waals surface area contributed by atoms with Crippen LogP contribution in [0.2, 0.25) is 0 Å². The molecule has 12 nitrogen and oxygen atoms in total. The van der Waals surface area contributed by atoms with Gasteiger partial charge in [-0.1, -0.05) is 158 Å². The zero-order valence-corrected chi connectivity index (χ0v) is 39.3. The van der Waals surface area contributed by atoms with E-state index in [2.05, 4.69) is 74.6 Å². The van der Waals surface area contributed by atoms with E-state index in [1.165, 1.54) is 57.8 Å². The van der Waals surface area contributed by atoms with Crippen LogP contribution in [0.15, 0.2) is 60.8 Å². The topological polar surface area (TPSA) is 192 Å². The third-order valence-corrected chi connectivity index (χ3v) is 11.9. The van der Waals surface area contributed by atoms with Crippen molar-refractivity contribution >= 4 is 13.8 Å². The Morgan fingerprint density at radius 1 is 0.532 bits per heavy atom. The molecule has 6 N–H and O–H groups in total. The Balaban J connectivity index is 2.39. The maximum absolute atomic E-state index is 12.8. The third kappa shape index (κ3) is 31.0. The van der Waals surface area contributed by atoms with Crippen molar-refractivity contribution in [2.75, 3.05) is 19.8 Å². The maximum atomic E-state index is 12.8. The van der Waals surface area contributed by atoms with E-state index in [0.717, 1.165) is 96.3 Å². The fourth-order valence-electron chi connectivity index (χ4n) is 7.05. The van der Waals surface area contributed by atoms with Crippen LogP contribution in [0.3, 0.4) is 0 Å². The minimum absolute atomic E-state index is 0.0896. The number of allylic oxidation sites excluding steroid dienone is 10. The molecular weight excluding hydrogens is 812 g/mol. The van der Waals surface area contributed by atoms with E-state index in [9.17, 15) is 39.8 Å². The van der Waals surface area contributed by atoms with Gasteiger partial charge in [0.2, 0.25) is 0 Å². The molecule has 0 aliphatic heterocycles. The highest BCUT2D eigenvalue weighted by Crippen LogP contribution is 2.47. The largest absolute Gasteiger partial charge is 0.472 e. The first-order valence-electron chi connectivity index (χ1n) is 24.1. The van der Waals surface area contributed by atoms with Gasteiger partial charge < -0.3 is 39.9 Å². The van der Waals surface area contributed by atoms with Crippen LogP contribution >= 0.6 is 7.82 Å². The van der Waals surface area contributed by atoms with Crippen LogP contribution in [0.4, 0.5) is 0 Å². The van der Waals surface area contributed by atoms with Gasteiger partial charge >= 0.3 is 13.8 Å². The lowest BCUT2D eigenvalue weighted by Crippen LogP contribution is -2.64. The minimum Gasteiger partial charge on any atom is -0.457 e. The van der Waals surface area contributed by atoms with Crippen LogP contribution in [-0.2, 0) is 27.9 Å². The monoisotopic (exact) mass is 899 g/mol. The second kappa shape index (κ2) is 39.4. The van der Waals surface area contributed by atoms with Crippen LogP contribution in [0, 0.1) is 0 Å². The van der Waals surface area contributed by atoms with Gasteiger partial charge in [0.15, 0.2) is 0 Å². The number of ether oxygens (including phenoxy) is 2. The highest BCUT2D eigenvalue weighted by molar-refractivity contribution is 7.47. The molecule has 62 heavy (non-hydrogen) atoms. The summed E-state index contributed by atoms with van der Waals surface area (Å²) in [5, 5.41) is 50.2. The number of phosphoric ester groups is 1. The molecule has 1 fully saturated rings. The number of hydrogen-bond donors (Lipinski definition) is 6. The molecule has 360 valence electrons. The molecule has 0 radical (unpaired) electrons. The number of phosphoric acid groups is 1. The number of aliphatic hydroxyl groups is 5. The summed E-state index contributed by atoms with van der Waals surface area (Å²) in [4.78, 5) is 23.2. The predicted octanol–water partition coefficient (Wildman–Crippen LogP) is 10.2. The van der Waals surface area contributed by atoms with Crippen LogP contribution in [0.25, 0.3) is 0 Å². The molecule has 0 saturated heterocycles. The van der Waals surface area contributed by atoms with Crippen molar-refractivity contribution in [1.29, 1.82) is 0 Å². The highest BCUT2D eigenvalue weighted by atomic mass is 31.2. The quantitative estimate of drug-likeness (QED) is 0.0148. The molecule has 0 aromatic carbocycles. The average Bonchev–Trinajstić information content (AvgIpc) is 3.26. The fraction of sp³-hybridized carbons (Fsp3) is 0.776. The van der Waals surface area contributed by atoms with Crippen molar-refractivity contribution < 1.29 is 58.3 Å². The van der Waals surface area contributed by atoms with E-state index in [4.69, 9.17) is 18.5 Å². The number of hydrogen-bond acceptors (Lipinski definition) is 11. The van der Waals surface area contributed by atoms with E-state index in [1.54, 1.807) is 0 Å². The van der Waals surface area contributed by atoms with Gasteiger partial charge in [0.25, 0.3) is 0 Å². The molecule has 0 heterocycles. The minimum atomic E-state index is -5.03. The molecule has 1 aliphatic rings. The lowest BCUT2D eigenvalue weighted by Gasteiger charge is -2.41. The van der Waals surface area contributed by atoms with E-state index in [-0.39, 0.29) is 13.0 Å². The summed E-state index contributed by atoms with van der Waals surface area (Å²) < 4.78 is 34.2. The van der Waals surface area contributed by atoms with Gasteiger partial charge in [0.05, 0.1) is 13.2 Å². The number of rotatable bonds is 40. The summed E-state index contributed by atoms with van der Waals surface area (Å²) in [5.41, 5.74) is 0. The maximum Gasteiger partial charge on any atom is 0.472 e. The van der Waals surface area contributed by atoms with Crippen LogP contribution in [0.1, 0.15) is 181 Å². The number of carbonyl (C=O) groups is 1. The first-order valence-corrected chi connectivity index (χ1v) is 25.6. The van der Waals surface area contributed by atoms with Gasteiger partial charge in [-0.15, -0.1) is 0 Å². The lowest BCUT2D eigenvalue weighted by atomic mass is 9.85. The fourth-order valence-corrected chi connectivity index (χ4v) is 8.02. The van der Waals surface area contributed by atoms with Crippen LogP contribution < -0.4 is 0 Å². The second-order valence-corrected chi connectivity index (χ2v) is 18.0. The van der Waals surface area contributed by atoms with Crippen molar-refractivity contribution in [3.05, 3.63) is 60.8 Å². The number of aliphatic hydroxyl groups excluding tert-OH is 5. The van der Waals surface area contributed by atoms with Gasteiger partial charge in [-0.25, -0.2) is 4.57 Å². The van der Waals surface area contributed by atoms with E-state index >= 15 is 0 Å². The molecule has 0 bridgehead atoms. The Bertz CT molecular complexity index is 1250. The van der Waals surface area contributed by atoms with Gasteiger partial charge in [-0.3, -0.25) is 13.8 Å². The molecule has 0 aromatic heterocycles. The zero-order chi connectivity index (χ0) is 45.5. The molecule has 0 spiro atoms. The summed E-state index contributed by atoms with van der Waals surface area (Å²) in [6.45, 7) is 4.11. The van der Waals surface area contributed by atoms with Crippen molar-refractivity contribution in [2.24, 2.45) is 0 Å². The van der Waals surface area contributed by atoms with Gasteiger partial charge in [0, 0.05) is 13.0 Å². The Kier molecular flexibility index (Phi) is 36.9. The van der Waals surface area contributed by atoms with Gasteiger partial charge in [-0.05, 0) is 77.0 Å². The van der Waals surface area contributed by atoms with E-state index in [1.807, 2.05) is 0 Å². The Labute approximate surface area is 375 Å². The van der Waals surface area contributed by atoms with Crippen molar-refractivity contribution in [1.82, 2.24) is 0 Å². The van der Waals surface area contributed by atoms with Crippen molar-refractivity contribution in [3.63, 3.8) is 0 Å². The number of esters is 1. The standard InChI is InChI=1S/C49H87O12P/c1-3-5-7-9-11-13-15-17-19-20-21-22-23-25-27-29-31-33-35-37-39-58-40-42(41-59-62(56,57)61-49-47(54)45(52)44(51)46(53)48(49)55)60-43(50)38-36-34-32-30-28-26-24-18-16-14-12-10-8-6-4-2/h5,7,11,13,17-19,21-22,24,42,44-49,51-55H,3-4,6,8-10,12,14-16,20,23,25-41H2,1-2H3,(H,56,57)/b7-5-,13-11-,19-17-,22-21-,24-18-. The number of carbonyl (C=O) groups excluding carboxylic acids is 1. The molecular formula is C49H87O12P. The molecule has 13 heteroatoms. The summed E-state index contributed by atoms with van der Waals surface area (Å²) in [6.07, 6.45) is 37.1. The molecule has 0 amide bonds. The molecule has 6 atom stereocenters. The summed E-state index contributed by atoms with van der Waals surface area (Å²) in [7, 11) is -5.03. The smallest absolute Gasteiger partial charge is 0.457 e. The Morgan fingerprint density at radius 2 is 0.952 bits per heavy atom. The Hall–Kier alpha value is -1.96. The third-order valence-electron chi connectivity index (χ3n) is 10.9. The van der Waals surface area contributed by atoms with Crippen molar-refractivity contribution in [3.8, 4) is 0 Å². The predicted molar refractivity (Wildman–Crippen MR) is 248 cm³/mol. The highest BCUT2D eigenvalue weighted by Gasteiger charge is 2.51. The Morgan fingerprint density at radius 3 is 1.47 bits per heavy atom. The second-order valence-electron chi connectivity index (χ2n) is 16.6. The van der Waals surface area contributed by atoms with Gasteiger partial charge in [0.1, 0.15) is 42.7 Å². The summed E-state index contributed by atoms with van der Waals surface area (Å²) in [6, 6.07) is 0. The summed E-state index contributed by atoms with van der Waals surface area (Å²) >= 11 is 0. The normalized spacial score (nSPS) is 22.5.